The Labute approximate surface area is 139 Å². The second-order valence-corrected chi connectivity index (χ2v) is 5.14. The Balaban J connectivity index is 2.00. The highest BCUT2D eigenvalue weighted by atomic mass is 16.5. The number of benzene rings is 2. The summed E-state index contributed by atoms with van der Waals surface area (Å²) in [5, 5.41) is 5.13. The van der Waals surface area contributed by atoms with Crippen molar-refractivity contribution in [2.24, 2.45) is 0 Å². The summed E-state index contributed by atoms with van der Waals surface area (Å²) < 4.78 is 4.71. The maximum absolute atomic E-state index is 12.0. The van der Waals surface area contributed by atoms with Gasteiger partial charge in [-0.3, -0.25) is 9.59 Å². The van der Waals surface area contributed by atoms with Crippen LogP contribution in [0.25, 0.3) is 0 Å². The van der Waals surface area contributed by atoms with Crippen molar-refractivity contribution in [2.45, 2.75) is 6.92 Å². The summed E-state index contributed by atoms with van der Waals surface area (Å²) in [6, 6.07) is 13.6. The van der Waals surface area contributed by atoms with Gasteiger partial charge in [-0.25, -0.2) is 4.79 Å². The molecule has 0 aliphatic rings. The number of ether oxygens (including phenoxy) is 1. The normalized spacial score (nSPS) is 9.92. The summed E-state index contributed by atoms with van der Waals surface area (Å²) >= 11 is 0. The molecule has 24 heavy (non-hydrogen) atoms. The van der Waals surface area contributed by atoms with Crippen LogP contribution in [0, 0.1) is 6.92 Å². The maximum Gasteiger partial charge on any atom is 0.339 e. The van der Waals surface area contributed by atoms with Gasteiger partial charge in [-0.1, -0.05) is 29.8 Å². The van der Waals surface area contributed by atoms with Gasteiger partial charge in [0, 0.05) is 5.56 Å². The molecule has 2 N–H and O–H groups in total. The molecule has 2 aromatic carbocycles. The number of esters is 1. The molecule has 0 spiro atoms. The summed E-state index contributed by atoms with van der Waals surface area (Å²) in [5.41, 5.74) is 1.94. The summed E-state index contributed by atoms with van der Waals surface area (Å²) in [5.74, 6) is -1.32. The van der Waals surface area contributed by atoms with Gasteiger partial charge in [-0.2, -0.15) is 0 Å². The smallest absolute Gasteiger partial charge is 0.339 e. The summed E-state index contributed by atoms with van der Waals surface area (Å²) in [6.45, 7) is 1.63. The maximum atomic E-state index is 12.0. The Morgan fingerprint density at radius 3 is 2.42 bits per heavy atom. The SMILES string of the molecule is COC(=O)c1cc(C)ccc1NC(=O)CNC(=O)c1ccccc1. The fourth-order valence-corrected chi connectivity index (χ4v) is 2.09. The minimum atomic E-state index is -0.540. The number of hydrogen-bond acceptors (Lipinski definition) is 4. The predicted molar refractivity (Wildman–Crippen MR) is 89.9 cm³/mol. The van der Waals surface area contributed by atoms with Gasteiger partial charge < -0.3 is 15.4 Å². The van der Waals surface area contributed by atoms with E-state index < -0.39 is 11.9 Å². The van der Waals surface area contributed by atoms with E-state index in [9.17, 15) is 14.4 Å². The quantitative estimate of drug-likeness (QED) is 0.825. The van der Waals surface area contributed by atoms with Crippen LogP contribution in [0.4, 0.5) is 5.69 Å². The molecule has 0 bridgehead atoms. The van der Waals surface area contributed by atoms with Crippen molar-refractivity contribution in [3.63, 3.8) is 0 Å². The van der Waals surface area contributed by atoms with Crippen LogP contribution in [-0.4, -0.2) is 31.4 Å². The molecule has 0 unspecified atom stereocenters. The highest BCUT2D eigenvalue weighted by Gasteiger charge is 2.15. The van der Waals surface area contributed by atoms with Crippen molar-refractivity contribution in [1.82, 2.24) is 5.32 Å². The first kappa shape index (κ1) is 17.2. The average Bonchev–Trinajstić information content (AvgIpc) is 2.61. The van der Waals surface area contributed by atoms with E-state index >= 15 is 0 Å². The molecule has 6 nitrogen and oxygen atoms in total. The van der Waals surface area contributed by atoms with Gasteiger partial charge in [0.15, 0.2) is 0 Å². The van der Waals surface area contributed by atoms with Crippen LogP contribution in [0.15, 0.2) is 48.5 Å². The fourth-order valence-electron chi connectivity index (χ4n) is 2.09. The van der Waals surface area contributed by atoms with Crippen molar-refractivity contribution in [3.8, 4) is 0 Å². The number of carbonyl (C=O) groups is 3. The van der Waals surface area contributed by atoms with Crippen molar-refractivity contribution in [2.75, 3.05) is 19.0 Å². The highest BCUT2D eigenvalue weighted by molar-refractivity contribution is 6.03. The van der Waals surface area contributed by atoms with E-state index in [0.29, 0.717) is 11.3 Å². The third-order valence-corrected chi connectivity index (χ3v) is 3.30. The number of amides is 2. The molecule has 124 valence electrons. The van der Waals surface area contributed by atoms with E-state index in [1.807, 2.05) is 6.92 Å². The highest BCUT2D eigenvalue weighted by Crippen LogP contribution is 2.18. The number of carbonyl (C=O) groups excluding carboxylic acids is 3. The van der Waals surface area contributed by atoms with Crippen LogP contribution in [0.5, 0.6) is 0 Å². The zero-order valence-electron chi connectivity index (χ0n) is 13.5. The lowest BCUT2D eigenvalue weighted by atomic mass is 10.1. The van der Waals surface area contributed by atoms with Gasteiger partial charge in [0.2, 0.25) is 5.91 Å². The Kier molecular flexibility index (Phi) is 5.68. The lowest BCUT2D eigenvalue weighted by Gasteiger charge is -2.11. The molecule has 2 aromatic rings. The lowest BCUT2D eigenvalue weighted by Crippen LogP contribution is -2.33. The van der Waals surface area contributed by atoms with Crippen molar-refractivity contribution >= 4 is 23.5 Å². The Morgan fingerprint density at radius 1 is 1.04 bits per heavy atom. The number of hydrogen-bond donors (Lipinski definition) is 2. The number of anilines is 1. The average molecular weight is 326 g/mol. The first-order chi connectivity index (χ1) is 11.5. The molecule has 6 heteroatoms. The number of nitrogens with one attached hydrogen (secondary N) is 2. The molecule has 0 saturated carbocycles. The molecule has 0 saturated heterocycles. The van der Waals surface area contributed by atoms with Gasteiger partial charge in [0.1, 0.15) is 0 Å². The van der Waals surface area contributed by atoms with Gasteiger partial charge in [-0.15, -0.1) is 0 Å². The minimum absolute atomic E-state index is 0.206. The summed E-state index contributed by atoms with van der Waals surface area (Å²) in [4.78, 5) is 35.7. The molecule has 0 atom stereocenters. The Hall–Kier alpha value is -3.15. The third-order valence-electron chi connectivity index (χ3n) is 3.30. The lowest BCUT2D eigenvalue weighted by molar-refractivity contribution is -0.115. The standard InChI is InChI=1S/C18H18N2O4/c1-12-8-9-15(14(10-12)18(23)24-2)20-16(21)11-19-17(22)13-6-4-3-5-7-13/h3-10H,11H2,1-2H3,(H,19,22)(H,20,21). The molecular weight excluding hydrogens is 308 g/mol. The van der Waals surface area contributed by atoms with E-state index in [4.69, 9.17) is 4.74 Å². The van der Waals surface area contributed by atoms with E-state index in [0.717, 1.165) is 5.56 Å². The van der Waals surface area contributed by atoms with Crippen LogP contribution in [0.3, 0.4) is 0 Å². The molecule has 0 aromatic heterocycles. The number of aryl methyl sites for hydroxylation is 1. The Morgan fingerprint density at radius 2 is 1.75 bits per heavy atom. The largest absolute Gasteiger partial charge is 0.465 e. The molecule has 0 fully saturated rings. The van der Waals surface area contributed by atoms with Gasteiger partial charge in [-0.05, 0) is 31.2 Å². The van der Waals surface area contributed by atoms with Crippen LogP contribution in [0.1, 0.15) is 26.3 Å². The molecule has 0 aliphatic heterocycles. The van der Waals surface area contributed by atoms with E-state index in [2.05, 4.69) is 10.6 Å². The third kappa shape index (κ3) is 4.42. The number of methoxy groups -OCH3 is 1. The first-order valence-corrected chi connectivity index (χ1v) is 7.33. The van der Waals surface area contributed by atoms with E-state index in [1.165, 1.54) is 7.11 Å². The van der Waals surface area contributed by atoms with Gasteiger partial charge in [0.25, 0.3) is 5.91 Å². The first-order valence-electron chi connectivity index (χ1n) is 7.33. The zero-order chi connectivity index (χ0) is 17.5. The molecule has 0 aliphatic carbocycles. The van der Waals surface area contributed by atoms with Crippen LogP contribution in [-0.2, 0) is 9.53 Å². The molecule has 2 amide bonds. The zero-order valence-corrected chi connectivity index (χ0v) is 13.5. The molecule has 0 radical (unpaired) electrons. The van der Waals surface area contributed by atoms with E-state index in [-0.39, 0.29) is 18.0 Å². The molecular formula is C18H18N2O4. The van der Waals surface area contributed by atoms with E-state index in [1.54, 1.807) is 48.5 Å². The van der Waals surface area contributed by atoms with Crippen LogP contribution >= 0.6 is 0 Å². The summed E-state index contributed by atoms with van der Waals surface area (Å²) in [6.07, 6.45) is 0. The van der Waals surface area contributed by atoms with Gasteiger partial charge >= 0.3 is 5.97 Å². The van der Waals surface area contributed by atoms with Crippen LogP contribution in [0.2, 0.25) is 0 Å². The second-order valence-electron chi connectivity index (χ2n) is 5.14. The molecule has 0 heterocycles. The number of rotatable bonds is 5. The topological polar surface area (TPSA) is 84.5 Å². The summed E-state index contributed by atoms with van der Waals surface area (Å²) in [7, 11) is 1.27. The van der Waals surface area contributed by atoms with Gasteiger partial charge in [0.05, 0.1) is 24.9 Å². The fraction of sp³-hybridized carbons (Fsp3) is 0.167. The minimum Gasteiger partial charge on any atom is -0.465 e. The van der Waals surface area contributed by atoms with Crippen molar-refractivity contribution in [1.29, 1.82) is 0 Å². The monoisotopic (exact) mass is 326 g/mol. The van der Waals surface area contributed by atoms with Crippen molar-refractivity contribution in [3.05, 3.63) is 65.2 Å². The second kappa shape index (κ2) is 7.92. The van der Waals surface area contributed by atoms with Crippen molar-refractivity contribution < 1.29 is 19.1 Å². The Bertz CT molecular complexity index is 757. The van der Waals surface area contributed by atoms with Crippen LogP contribution < -0.4 is 10.6 Å². The molecule has 2 rings (SSSR count). The predicted octanol–water partition coefficient (Wildman–Crippen LogP) is 2.15.